The van der Waals surface area contributed by atoms with E-state index in [4.69, 9.17) is 0 Å². The summed E-state index contributed by atoms with van der Waals surface area (Å²) in [4.78, 5) is 23.2. The van der Waals surface area contributed by atoms with Gasteiger partial charge in [-0.15, -0.1) is 0 Å². The Labute approximate surface area is 102 Å². The lowest BCUT2D eigenvalue weighted by Crippen LogP contribution is -2.60. The highest BCUT2D eigenvalue weighted by atomic mass is 16.1. The van der Waals surface area contributed by atoms with Crippen molar-refractivity contribution >= 4 is 11.7 Å². The van der Waals surface area contributed by atoms with Crippen molar-refractivity contribution in [2.75, 3.05) is 0 Å². The summed E-state index contributed by atoms with van der Waals surface area (Å²) in [6, 6.07) is 0.344. The summed E-state index contributed by atoms with van der Waals surface area (Å²) in [5.41, 5.74) is -0.0224. The molecular weight excluding hydrogens is 214 g/mol. The SMILES string of the molecule is CC(=O)N[C@H]1C2CC3CC1C[C@](C(C)=O)(C3)C2. The van der Waals surface area contributed by atoms with Crippen LogP contribution in [0.2, 0.25) is 0 Å². The van der Waals surface area contributed by atoms with Gasteiger partial charge >= 0.3 is 0 Å². The van der Waals surface area contributed by atoms with Crippen LogP contribution in [0.1, 0.15) is 46.0 Å². The number of carbonyl (C=O) groups excluding carboxylic acids is 2. The van der Waals surface area contributed by atoms with Crippen LogP contribution in [-0.2, 0) is 9.59 Å². The molecule has 4 rings (SSSR count). The number of carbonyl (C=O) groups is 2. The molecular formula is C14H21NO2. The summed E-state index contributed by atoms with van der Waals surface area (Å²) in [5.74, 6) is 2.31. The average Bonchev–Trinajstić information content (AvgIpc) is 2.22. The molecule has 1 amide bonds. The van der Waals surface area contributed by atoms with Crippen LogP contribution in [0.4, 0.5) is 0 Å². The van der Waals surface area contributed by atoms with Gasteiger partial charge in [-0.2, -0.15) is 0 Å². The molecule has 4 fully saturated rings. The zero-order chi connectivity index (χ0) is 12.2. The van der Waals surface area contributed by atoms with E-state index in [1.165, 1.54) is 12.8 Å². The maximum atomic E-state index is 11.9. The van der Waals surface area contributed by atoms with Crippen LogP contribution >= 0.6 is 0 Å². The van der Waals surface area contributed by atoms with Gasteiger partial charge in [0, 0.05) is 18.4 Å². The molecule has 0 aromatic rings. The minimum Gasteiger partial charge on any atom is -0.353 e. The minimum atomic E-state index is -0.0224. The zero-order valence-electron chi connectivity index (χ0n) is 10.7. The van der Waals surface area contributed by atoms with Gasteiger partial charge in [0.1, 0.15) is 5.78 Å². The van der Waals surface area contributed by atoms with Gasteiger partial charge in [0.05, 0.1) is 0 Å². The molecule has 0 saturated heterocycles. The Balaban J connectivity index is 1.85. The molecule has 4 bridgehead atoms. The molecule has 3 nitrogen and oxygen atoms in total. The van der Waals surface area contributed by atoms with E-state index in [1.54, 1.807) is 13.8 Å². The van der Waals surface area contributed by atoms with Crippen molar-refractivity contribution in [3.63, 3.8) is 0 Å². The van der Waals surface area contributed by atoms with Crippen LogP contribution < -0.4 is 5.32 Å². The van der Waals surface area contributed by atoms with Crippen molar-refractivity contribution in [2.24, 2.45) is 23.2 Å². The average molecular weight is 235 g/mol. The summed E-state index contributed by atoms with van der Waals surface area (Å²) in [6.45, 7) is 3.37. The lowest BCUT2D eigenvalue weighted by atomic mass is 9.47. The first-order chi connectivity index (χ1) is 8.00. The molecule has 4 aliphatic carbocycles. The molecule has 2 unspecified atom stereocenters. The molecule has 0 aromatic carbocycles. The molecule has 0 aliphatic heterocycles. The molecule has 2 atom stereocenters. The first-order valence-electron chi connectivity index (χ1n) is 6.78. The number of ketones is 1. The van der Waals surface area contributed by atoms with Crippen LogP contribution in [0.25, 0.3) is 0 Å². The number of hydrogen-bond donors (Lipinski definition) is 1. The van der Waals surface area contributed by atoms with Crippen LogP contribution in [0.15, 0.2) is 0 Å². The van der Waals surface area contributed by atoms with Crippen molar-refractivity contribution in [1.29, 1.82) is 0 Å². The standard InChI is InChI=1S/C14H21NO2/c1-8(16)14-5-10-3-11(6-14)13(15-9(2)17)12(4-10)7-14/h10-13H,3-7H2,1-2H3,(H,15,17)/t10?,11?,12?,13-,14-. The van der Waals surface area contributed by atoms with Gasteiger partial charge in [0.25, 0.3) is 0 Å². The Morgan fingerprint density at radius 2 is 1.65 bits per heavy atom. The van der Waals surface area contributed by atoms with E-state index in [2.05, 4.69) is 5.32 Å². The fourth-order valence-corrected chi connectivity index (χ4v) is 4.93. The summed E-state index contributed by atoms with van der Waals surface area (Å²) in [7, 11) is 0. The molecule has 0 spiro atoms. The van der Waals surface area contributed by atoms with E-state index in [0.717, 1.165) is 25.2 Å². The van der Waals surface area contributed by atoms with Gasteiger partial charge in [-0.05, 0) is 56.8 Å². The second-order valence-corrected chi connectivity index (χ2v) is 6.53. The van der Waals surface area contributed by atoms with Crippen molar-refractivity contribution in [1.82, 2.24) is 5.32 Å². The number of amides is 1. The topological polar surface area (TPSA) is 46.2 Å². The molecule has 94 valence electrons. The second-order valence-electron chi connectivity index (χ2n) is 6.53. The van der Waals surface area contributed by atoms with E-state index in [0.29, 0.717) is 23.7 Å². The largest absolute Gasteiger partial charge is 0.353 e. The Bertz CT molecular complexity index is 360. The third kappa shape index (κ3) is 1.62. The Morgan fingerprint density at radius 3 is 2.12 bits per heavy atom. The molecule has 0 heterocycles. The molecule has 0 radical (unpaired) electrons. The Kier molecular flexibility index (Phi) is 2.36. The quantitative estimate of drug-likeness (QED) is 0.794. The van der Waals surface area contributed by atoms with E-state index in [-0.39, 0.29) is 11.3 Å². The van der Waals surface area contributed by atoms with Gasteiger partial charge in [-0.25, -0.2) is 0 Å². The number of Topliss-reactive ketones (excluding diaryl/α,β-unsaturated/α-hetero) is 1. The molecule has 4 aliphatic rings. The molecule has 0 aromatic heterocycles. The van der Waals surface area contributed by atoms with Crippen LogP contribution in [-0.4, -0.2) is 17.7 Å². The second kappa shape index (κ2) is 3.56. The normalized spacial score (nSPS) is 46.9. The fourth-order valence-electron chi connectivity index (χ4n) is 4.93. The van der Waals surface area contributed by atoms with Gasteiger partial charge in [0.15, 0.2) is 0 Å². The van der Waals surface area contributed by atoms with Gasteiger partial charge < -0.3 is 5.32 Å². The monoisotopic (exact) mass is 235 g/mol. The van der Waals surface area contributed by atoms with Gasteiger partial charge in [-0.3, -0.25) is 9.59 Å². The Morgan fingerprint density at radius 1 is 1.06 bits per heavy atom. The van der Waals surface area contributed by atoms with Gasteiger partial charge in [-0.1, -0.05) is 0 Å². The predicted octanol–water partition coefficient (Wildman–Crippen LogP) is 1.91. The third-order valence-corrected chi connectivity index (χ3v) is 5.39. The van der Waals surface area contributed by atoms with Crippen molar-refractivity contribution in [2.45, 2.75) is 52.0 Å². The highest BCUT2D eigenvalue weighted by Gasteiger charge is 2.57. The third-order valence-electron chi connectivity index (χ3n) is 5.39. The molecule has 3 heteroatoms. The smallest absolute Gasteiger partial charge is 0.217 e. The predicted molar refractivity (Wildman–Crippen MR) is 64.3 cm³/mol. The number of nitrogens with one attached hydrogen (secondary N) is 1. The van der Waals surface area contributed by atoms with E-state index in [1.807, 2.05) is 0 Å². The first kappa shape index (κ1) is 11.2. The fraction of sp³-hybridized carbons (Fsp3) is 0.857. The van der Waals surface area contributed by atoms with E-state index in [9.17, 15) is 9.59 Å². The first-order valence-corrected chi connectivity index (χ1v) is 6.78. The summed E-state index contributed by atoms with van der Waals surface area (Å²) in [6.07, 6.45) is 5.58. The van der Waals surface area contributed by atoms with Crippen molar-refractivity contribution in [3.8, 4) is 0 Å². The molecule has 1 N–H and O–H groups in total. The van der Waals surface area contributed by atoms with Crippen LogP contribution in [0, 0.1) is 23.2 Å². The highest BCUT2D eigenvalue weighted by molar-refractivity contribution is 5.83. The minimum absolute atomic E-state index is 0.0224. The van der Waals surface area contributed by atoms with Crippen LogP contribution in [0.5, 0.6) is 0 Å². The lowest BCUT2D eigenvalue weighted by molar-refractivity contribution is -0.146. The van der Waals surface area contributed by atoms with Crippen molar-refractivity contribution < 1.29 is 9.59 Å². The molecule has 4 saturated carbocycles. The van der Waals surface area contributed by atoms with Crippen molar-refractivity contribution in [3.05, 3.63) is 0 Å². The van der Waals surface area contributed by atoms with E-state index >= 15 is 0 Å². The van der Waals surface area contributed by atoms with Crippen LogP contribution in [0.3, 0.4) is 0 Å². The zero-order valence-corrected chi connectivity index (χ0v) is 10.7. The molecule has 17 heavy (non-hydrogen) atoms. The summed E-state index contributed by atoms with van der Waals surface area (Å²) >= 11 is 0. The summed E-state index contributed by atoms with van der Waals surface area (Å²) < 4.78 is 0. The van der Waals surface area contributed by atoms with Gasteiger partial charge in [0.2, 0.25) is 5.91 Å². The van der Waals surface area contributed by atoms with E-state index < -0.39 is 0 Å². The summed E-state index contributed by atoms with van der Waals surface area (Å²) in [5, 5.41) is 3.13. The Hall–Kier alpha value is -0.860. The maximum absolute atomic E-state index is 11.9. The number of rotatable bonds is 2. The highest BCUT2D eigenvalue weighted by Crippen LogP contribution is 2.60. The number of hydrogen-bond acceptors (Lipinski definition) is 2. The maximum Gasteiger partial charge on any atom is 0.217 e. The lowest BCUT2D eigenvalue weighted by Gasteiger charge is -2.59.